The fourth-order valence-corrected chi connectivity index (χ4v) is 2.25. The molecule has 1 aromatic rings. The average molecular weight is 289 g/mol. The molecule has 0 bridgehead atoms. The van der Waals surface area contributed by atoms with Gasteiger partial charge in [-0.3, -0.25) is 0 Å². The van der Waals surface area contributed by atoms with Gasteiger partial charge in [0.05, 0.1) is 15.7 Å². The van der Waals surface area contributed by atoms with Gasteiger partial charge in [-0.1, -0.05) is 43.1 Å². The van der Waals surface area contributed by atoms with Crippen LogP contribution < -0.4 is 10.6 Å². The molecule has 1 atom stereocenters. The highest BCUT2D eigenvalue weighted by atomic mass is 35.5. The van der Waals surface area contributed by atoms with Crippen LogP contribution in [0, 0.1) is 5.92 Å². The lowest BCUT2D eigenvalue weighted by Crippen LogP contribution is -2.36. The number of amides is 2. The first-order valence-electron chi connectivity index (χ1n) is 5.91. The minimum atomic E-state index is -0.293. The number of rotatable bonds is 4. The molecule has 0 radical (unpaired) electrons. The minimum Gasteiger partial charge on any atom is -0.335 e. The van der Waals surface area contributed by atoms with Crippen LogP contribution in [-0.2, 0) is 0 Å². The summed E-state index contributed by atoms with van der Waals surface area (Å²) in [6.45, 7) is 6.19. The van der Waals surface area contributed by atoms with Gasteiger partial charge in [0.25, 0.3) is 0 Å². The summed E-state index contributed by atoms with van der Waals surface area (Å²) < 4.78 is 0. The van der Waals surface area contributed by atoms with Crippen molar-refractivity contribution in [3.8, 4) is 0 Å². The van der Waals surface area contributed by atoms with E-state index in [1.165, 1.54) is 0 Å². The first-order chi connectivity index (χ1) is 8.40. The molecule has 0 fully saturated rings. The molecule has 100 valence electrons. The molecule has 0 saturated heterocycles. The third-order valence-electron chi connectivity index (χ3n) is 2.40. The van der Waals surface area contributed by atoms with Gasteiger partial charge in [-0.05, 0) is 31.4 Å². The Hall–Kier alpha value is -0.930. The van der Waals surface area contributed by atoms with E-state index in [1.807, 2.05) is 6.92 Å². The zero-order chi connectivity index (χ0) is 13.7. The van der Waals surface area contributed by atoms with E-state index in [9.17, 15) is 4.79 Å². The molecular weight excluding hydrogens is 271 g/mol. The summed E-state index contributed by atoms with van der Waals surface area (Å²) in [5, 5.41) is 6.37. The first-order valence-corrected chi connectivity index (χ1v) is 6.67. The van der Waals surface area contributed by atoms with Crippen LogP contribution in [0.15, 0.2) is 18.2 Å². The van der Waals surface area contributed by atoms with Crippen molar-refractivity contribution < 1.29 is 4.79 Å². The third-order valence-corrected chi connectivity index (χ3v) is 3.03. The maximum absolute atomic E-state index is 11.8. The molecule has 3 nitrogen and oxygen atoms in total. The predicted octanol–water partition coefficient (Wildman–Crippen LogP) is 4.55. The van der Waals surface area contributed by atoms with Gasteiger partial charge < -0.3 is 10.6 Å². The number of carbonyl (C=O) groups excluding carboxylic acids is 1. The Balaban J connectivity index is 2.60. The van der Waals surface area contributed by atoms with Gasteiger partial charge >= 0.3 is 6.03 Å². The SMILES string of the molecule is CC(C)C[C@@H](C)NC(=O)Nc1c(Cl)cccc1Cl. The number of hydrogen-bond donors (Lipinski definition) is 2. The highest BCUT2D eigenvalue weighted by Gasteiger charge is 2.12. The van der Waals surface area contributed by atoms with Gasteiger partial charge in [-0.15, -0.1) is 0 Å². The summed E-state index contributed by atoms with van der Waals surface area (Å²) in [5.74, 6) is 0.532. The van der Waals surface area contributed by atoms with Crippen LogP contribution in [0.25, 0.3) is 0 Å². The molecular formula is C13H18Cl2N2O. The zero-order valence-corrected chi connectivity index (χ0v) is 12.3. The zero-order valence-electron chi connectivity index (χ0n) is 10.8. The standard InChI is InChI=1S/C13H18Cl2N2O/c1-8(2)7-9(3)16-13(18)17-12-10(14)5-4-6-11(12)15/h4-6,8-9H,7H2,1-3H3,(H2,16,17,18)/t9-/m1/s1. The van der Waals surface area contributed by atoms with E-state index < -0.39 is 0 Å². The smallest absolute Gasteiger partial charge is 0.319 e. The predicted molar refractivity (Wildman–Crippen MR) is 77.5 cm³/mol. The Morgan fingerprint density at radius 2 is 1.78 bits per heavy atom. The second-order valence-electron chi connectivity index (χ2n) is 4.73. The van der Waals surface area contributed by atoms with Crippen molar-refractivity contribution in [2.75, 3.05) is 5.32 Å². The lowest BCUT2D eigenvalue weighted by Gasteiger charge is -2.17. The van der Waals surface area contributed by atoms with Gasteiger partial charge in [0.1, 0.15) is 0 Å². The molecule has 18 heavy (non-hydrogen) atoms. The number of para-hydroxylation sites is 1. The van der Waals surface area contributed by atoms with Crippen molar-refractivity contribution in [3.63, 3.8) is 0 Å². The van der Waals surface area contributed by atoms with Gasteiger partial charge in [0.2, 0.25) is 0 Å². The molecule has 1 aromatic carbocycles. The molecule has 2 amide bonds. The summed E-state index contributed by atoms with van der Waals surface area (Å²) in [5.41, 5.74) is 0.440. The Labute approximate surface area is 118 Å². The van der Waals surface area contributed by atoms with E-state index in [2.05, 4.69) is 24.5 Å². The Morgan fingerprint density at radius 1 is 1.22 bits per heavy atom. The Kier molecular flexibility index (Phi) is 5.76. The van der Waals surface area contributed by atoms with Crippen molar-refractivity contribution in [2.24, 2.45) is 5.92 Å². The molecule has 2 N–H and O–H groups in total. The van der Waals surface area contributed by atoms with Crippen LogP contribution in [0.4, 0.5) is 10.5 Å². The third kappa shape index (κ3) is 4.75. The summed E-state index contributed by atoms with van der Waals surface area (Å²) in [7, 11) is 0. The number of carbonyl (C=O) groups is 1. The lowest BCUT2D eigenvalue weighted by molar-refractivity contribution is 0.247. The molecule has 0 aromatic heterocycles. The number of halogens is 2. The number of benzene rings is 1. The van der Waals surface area contributed by atoms with Gasteiger partial charge in [0.15, 0.2) is 0 Å². The maximum atomic E-state index is 11.8. The largest absolute Gasteiger partial charge is 0.335 e. The van der Waals surface area contributed by atoms with Gasteiger partial charge in [-0.25, -0.2) is 4.79 Å². The second kappa shape index (κ2) is 6.86. The maximum Gasteiger partial charge on any atom is 0.319 e. The molecule has 0 spiro atoms. The number of nitrogens with one attached hydrogen (secondary N) is 2. The van der Waals surface area contributed by atoms with Crippen molar-refractivity contribution in [2.45, 2.75) is 33.2 Å². The van der Waals surface area contributed by atoms with Gasteiger partial charge in [0, 0.05) is 6.04 Å². The molecule has 0 heterocycles. The van der Waals surface area contributed by atoms with Crippen LogP contribution in [0.2, 0.25) is 10.0 Å². The summed E-state index contributed by atoms with van der Waals surface area (Å²) in [6.07, 6.45) is 0.920. The highest BCUT2D eigenvalue weighted by Crippen LogP contribution is 2.29. The van der Waals surface area contributed by atoms with E-state index in [0.29, 0.717) is 21.7 Å². The molecule has 0 aliphatic carbocycles. The number of urea groups is 1. The van der Waals surface area contributed by atoms with Crippen molar-refractivity contribution >= 4 is 34.9 Å². The topological polar surface area (TPSA) is 41.1 Å². The molecule has 0 aliphatic rings. The summed E-state index contributed by atoms with van der Waals surface area (Å²) >= 11 is 11.9. The van der Waals surface area contributed by atoms with Crippen LogP contribution in [-0.4, -0.2) is 12.1 Å². The molecule has 0 saturated carbocycles. The van der Waals surface area contributed by atoms with E-state index >= 15 is 0 Å². The normalized spacial score (nSPS) is 12.3. The molecule has 0 aliphatic heterocycles. The van der Waals surface area contributed by atoms with Crippen molar-refractivity contribution in [1.82, 2.24) is 5.32 Å². The van der Waals surface area contributed by atoms with E-state index in [-0.39, 0.29) is 12.1 Å². The molecule has 1 rings (SSSR count). The number of hydrogen-bond acceptors (Lipinski definition) is 1. The van der Waals surface area contributed by atoms with E-state index in [4.69, 9.17) is 23.2 Å². The van der Waals surface area contributed by atoms with Crippen LogP contribution >= 0.6 is 23.2 Å². The van der Waals surface area contributed by atoms with Gasteiger partial charge in [-0.2, -0.15) is 0 Å². The average Bonchev–Trinajstić information content (AvgIpc) is 2.22. The fraction of sp³-hybridized carbons (Fsp3) is 0.462. The summed E-state index contributed by atoms with van der Waals surface area (Å²) in [6, 6.07) is 4.90. The quantitative estimate of drug-likeness (QED) is 0.838. The first kappa shape index (κ1) is 15.1. The van der Waals surface area contributed by atoms with E-state index in [1.54, 1.807) is 18.2 Å². The van der Waals surface area contributed by atoms with Crippen molar-refractivity contribution in [1.29, 1.82) is 0 Å². The van der Waals surface area contributed by atoms with Crippen LogP contribution in [0.3, 0.4) is 0 Å². The fourth-order valence-electron chi connectivity index (χ4n) is 1.76. The lowest BCUT2D eigenvalue weighted by atomic mass is 10.1. The number of anilines is 1. The van der Waals surface area contributed by atoms with Crippen LogP contribution in [0.5, 0.6) is 0 Å². The monoisotopic (exact) mass is 288 g/mol. The Bertz CT molecular complexity index is 401. The molecule has 5 heteroatoms. The van der Waals surface area contributed by atoms with Crippen molar-refractivity contribution in [3.05, 3.63) is 28.2 Å². The Morgan fingerprint density at radius 3 is 2.28 bits per heavy atom. The molecule has 0 unspecified atom stereocenters. The van der Waals surface area contributed by atoms with E-state index in [0.717, 1.165) is 6.42 Å². The van der Waals surface area contributed by atoms with Crippen LogP contribution in [0.1, 0.15) is 27.2 Å². The minimum absolute atomic E-state index is 0.103. The highest BCUT2D eigenvalue weighted by molar-refractivity contribution is 6.39. The summed E-state index contributed by atoms with van der Waals surface area (Å²) in [4.78, 5) is 11.8. The second-order valence-corrected chi connectivity index (χ2v) is 5.54.